The van der Waals surface area contributed by atoms with Crippen LogP contribution in [0.5, 0.6) is 0 Å². The van der Waals surface area contributed by atoms with E-state index in [2.05, 4.69) is 10.6 Å². The first kappa shape index (κ1) is 58.7. The molecule has 0 unspecified atom stereocenters. The zero-order chi connectivity index (χ0) is 55.5. The van der Waals surface area contributed by atoms with Crippen molar-refractivity contribution < 1.29 is 85.7 Å². The topological polar surface area (TPSA) is 244 Å². The number of rotatable bonds is 30. The summed E-state index contributed by atoms with van der Waals surface area (Å²) in [7, 11) is 0. The highest BCUT2D eigenvalue weighted by atomic mass is 19.1. The molecule has 4 aliphatic carbocycles. The first-order valence-corrected chi connectivity index (χ1v) is 26.7. The molecule has 4 N–H and O–H groups in total. The predicted molar refractivity (Wildman–Crippen MR) is 275 cm³/mol. The Kier molecular flexibility index (Phi) is 19.7. The zero-order valence-electron chi connectivity index (χ0n) is 44.1. The molecule has 2 aromatic carbocycles. The van der Waals surface area contributed by atoms with Crippen LogP contribution in [0.15, 0.2) is 84.5 Å². The summed E-state index contributed by atoms with van der Waals surface area (Å²) in [5, 5.41) is 27.7. The highest BCUT2D eigenvalue weighted by molar-refractivity contribution is 6.13. The Balaban J connectivity index is 0.663. The number of nitrogens with zero attached hydrogens (tertiary/aromatic N) is 1. The highest BCUT2D eigenvalue weighted by Gasteiger charge is 2.80. The number of allylic oxidation sites excluding steroid dienone is 4. The number of carbonyl (C=O) groups excluding carboxylic acids is 6. The molecule has 3 saturated carbocycles. The average Bonchev–Trinajstić information content (AvgIpc) is 4.07. The molecule has 10 atom stereocenters. The Morgan fingerprint density at radius 2 is 1.37 bits per heavy atom. The van der Waals surface area contributed by atoms with E-state index in [4.69, 9.17) is 37.9 Å². The molecule has 0 bridgehead atoms. The van der Waals surface area contributed by atoms with Crippen molar-refractivity contribution in [2.24, 2.45) is 22.7 Å². The molecule has 4 fully saturated rings. The van der Waals surface area contributed by atoms with E-state index >= 15 is 8.78 Å². The van der Waals surface area contributed by atoms with Gasteiger partial charge in [-0.1, -0.05) is 49.4 Å². The number of alkyl halides is 2. The van der Waals surface area contributed by atoms with E-state index in [0.717, 1.165) is 22.1 Å². The fourth-order valence-corrected chi connectivity index (χ4v) is 12.3. The summed E-state index contributed by atoms with van der Waals surface area (Å²) >= 11 is 0. The molecule has 0 spiro atoms. The Bertz CT molecular complexity index is 2560. The van der Waals surface area contributed by atoms with E-state index in [1.54, 1.807) is 13.0 Å². The van der Waals surface area contributed by atoms with E-state index in [-0.39, 0.29) is 62.6 Å². The highest BCUT2D eigenvalue weighted by Crippen LogP contribution is 2.72. The summed E-state index contributed by atoms with van der Waals surface area (Å²) in [4.78, 5) is 74.9. The van der Waals surface area contributed by atoms with Crippen molar-refractivity contribution in [2.45, 2.75) is 88.3 Å². The third-order valence-electron chi connectivity index (χ3n) is 16.2. The molecule has 6 aliphatic rings. The lowest BCUT2D eigenvalue weighted by Crippen LogP contribution is -2.70. The Labute approximate surface area is 451 Å². The van der Waals surface area contributed by atoms with Crippen molar-refractivity contribution in [3.05, 3.63) is 101 Å². The molecule has 4 amide bonds. The van der Waals surface area contributed by atoms with E-state index < -0.39 is 88.6 Å². The van der Waals surface area contributed by atoms with E-state index in [9.17, 15) is 39.0 Å². The van der Waals surface area contributed by atoms with E-state index in [1.807, 2.05) is 42.5 Å². The lowest BCUT2D eigenvalue weighted by atomic mass is 9.44. The number of Topliss-reactive ketones (excluding diaryl/α,β-unsaturated/α-hetero) is 1. The van der Waals surface area contributed by atoms with Gasteiger partial charge in [0.05, 0.1) is 97.9 Å². The molecular weight excluding hydrogens is 1020 g/mol. The molecule has 78 heavy (non-hydrogen) atoms. The number of nitrogens with one attached hydrogen (secondary N) is 2. The number of anilines is 1. The van der Waals surface area contributed by atoms with Crippen LogP contribution in [0.4, 0.5) is 14.5 Å². The normalized spacial score (nSPS) is 29.7. The average molecular weight is 1090 g/mol. The number of aliphatic hydroxyl groups excluding tert-OH is 2. The fourth-order valence-electron chi connectivity index (χ4n) is 12.3. The molecule has 0 aromatic heterocycles. The maximum absolute atomic E-state index is 17.8. The monoisotopic (exact) mass is 1090 g/mol. The third-order valence-corrected chi connectivity index (χ3v) is 16.2. The Morgan fingerprint density at radius 1 is 0.756 bits per heavy atom. The number of ketones is 2. The van der Waals surface area contributed by atoms with E-state index in [0.29, 0.717) is 96.9 Å². The quantitative estimate of drug-likeness (QED) is 0.0643. The van der Waals surface area contributed by atoms with Crippen LogP contribution in [0.1, 0.15) is 68.9 Å². The lowest BCUT2D eigenvalue weighted by molar-refractivity contribution is -0.235. The first-order valence-electron chi connectivity index (χ1n) is 26.7. The smallest absolute Gasteiger partial charge is 0.253 e. The number of amides is 4. The predicted octanol–water partition coefficient (Wildman–Crippen LogP) is 3.78. The number of imide groups is 1. The summed E-state index contributed by atoms with van der Waals surface area (Å²) in [6.07, 6.45) is 1.24. The second-order valence-corrected chi connectivity index (χ2v) is 20.8. The first-order chi connectivity index (χ1) is 37.5. The zero-order valence-corrected chi connectivity index (χ0v) is 44.1. The van der Waals surface area contributed by atoms with E-state index in [1.165, 1.54) is 31.2 Å². The number of aliphatic hydroxyl groups is 2. The summed E-state index contributed by atoms with van der Waals surface area (Å²) in [5.74, 6) is -4.09. The van der Waals surface area contributed by atoms with Crippen LogP contribution in [-0.4, -0.2) is 179 Å². The lowest BCUT2D eigenvalue weighted by Gasteiger charge is -2.63. The molecule has 19 nitrogen and oxygen atoms in total. The van der Waals surface area contributed by atoms with Gasteiger partial charge >= 0.3 is 0 Å². The van der Waals surface area contributed by atoms with Gasteiger partial charge in [0.15, 0.2) is 29.1 Å². The van der Waals surface area contributed by atoms with Crippen molar-refractivity contribution in [1.82, 2.24) is 10.2 Å². The van der Waals surface area contributed by atoms with Crippen LogP contribution >= 0.6 is 0 Å². The van der Waals surface area contributed by atoms with Crippen LogP contribution in [0.3, 0.4) is 0 Å². The standard InChI is InChI=1S/C57H71F2N3O16/c1-54-15-12-41(64)32-44(54)45(58)33-43-42-34-48-57(47(66)36-63,55(42,2)35-46(65)56(43,54)59)78-53(77-48)39-8-6-37(7-9-39)30-38-4-3-5-40(31-38)61-50(68)14-18-71-20-22-73-24-26-75-28-29-76-27-25-74-23-21-72-19-16-60-49(67)13-17-62-51(69)10-11-52(62)70/h3-12,15,31-32,42-43,45-46,48,53,63,65H,13-14,16-30,33-36H2,1-2H3,(H,60,67)(H,61,68)/t42-,43-,45-,46-,48+,53+,54-,55-,56-,57+/m0/s1. The van der Waals surface area contributed by atoms with Crippen molar-refractivity contribution in [3.8, 4) is 0 Å². The molecular formula is C57H71F2N3O16. The molecule has 8 rings (SSSR count). The van der Waals surface area contributed by atoms with Gasteiger partial charge in [-0.05, 0) is 79.5 Å². The maximum Gasteiger partial charge on any atom is 0.253 e. The minimum Gasteiger partial charge on any atom is -0.390 e. The number of carbonyl (C=O) groups is 6. The van der Waals surface area contributed by atoms with Crippen LogP contribution in [0.2, 0.25) is 0 Å². The number of benzene rings is 2. The van der Waals surface area contributed by atoms with Crippen molar-refractivity contribution in [1.29, 1.82) is 0 Å². The van der Waals surface area contributed by atoms with Crippen LogP contribution < -0.4 is 10.6 Å². The second-order valence-electron chi connectivity index (χ2n) is 20.8. The van der Waals surface area contributed by atoms with Crippen molar-refractivity contribution in [2.75, 3.05) is 104 Å². The van der Waals surface area contributed by atoms with Crippen molar-refractivity contribution >= 4 is 40.9 Å². The van der Waals surface area contributed by atoms with Crippen molar-refractivity contribution in [3.63, 3.8) is 0 Å². The van der Waals surface area contributed by atoms with Gasteiger partial charge in [0.1, 0.15) is 12.8 Å². The minimum atomic E-state index is -2.34. The van der Waals surface area contributed by atoms with Gasteiger partial charge < -0.3 is 58.7 Å². The number of ether oxygens (including phenoxy) is 8. The summed E-state index contributed by atoms with van der Waals surface area (Å²) in [6, 6.07) is 15.0. The summed E-state index contributed by atoms with van der Waals surface area (Å²) < 4.78 is 79.9. The summed E-state index contributed by atoms with van der Waals surface area (Å²) in [6.45, 7) is 6.95. The van der Waals surface area contributed by atoms with Gasteiger partial charge in [0.25, 0.3) is 11.8 Å². The van der Waals surface area contributed by atoms with Gasteiger partial charge in [0.2, 0.25) is 11.8 Å². The molecule has 0 radical (unpaired) electrons. The largest absolute Gasteiger partial charge is 0.390 e. The minimum absolute atomic E-state index is 0.0109. The second kappa shape index (κ2) is 26.2. The third kappa shape index (κ3) is 12.6. The number of halogens is 2. The van der Waals surface area contributed by atoms with Crippen LogP contribution in [0, 0.1) is 22.7 Å². The molecule has 2 aliphatic heterocycles. The summed E-state index contributed by atoms with van der Waals surface area (Å²) in [5.41, 5.74) is -3.74. The Hall–Kier alpha value is -5.46. The SMILES string of the molecule is C[C@]12C=CC(=O)C=C1[C@@H](F)C[C@H]1[C@@H]3C[C@H]4O[C@@H](c5ccc(Cc6cccc(NC(=O)CCOCCOCCOCCOCCOCCOCCNC(=O)CCN7C(=O)C=CC7=O)c6)cc5)O[C@@]4(C(=O)CO)[C@@]3(C)C[C@H](O)[C@@]12F. The molecule has 21 heteroatoms. The molecule has 2 aromatic rings. The molecule has 2 heterocycles. The number of fused-ring (bicyclic) bond motifs is 7. The maximum atomic E-state index is 17.8. The number of hydrogen-bond acceptors (Lipinski definition) is 16. The Morgan fingerprint density at radius 3 is 2.00 bits per heavy atom. The molecule has 424 valence electrons. The molecule has 1 saturated heterocycles. The number of hydrogen-bond donors (Lipinski definition) is 4. The van der Waals surface area contributed by atoms with Gasteiger partial charge in [-0.3, -0.25) is 33.7 Å². The van der Waals surface area contributed by atoms with Crippen LogP contribution in [-0.2, 0) is 73.1 Å². The van der Waals surface area contributed by atoms with Crippen LogP contribution in [0.25, 0.3) is 0 Å². The van der Waals surface area contributed by atoms with Gasteiger partial charge in [0, 0.05) is 59.7 Å². The van der Waals surface area contributed by atoms with Gasteiger partial charge in [-0.15, -0.1) is 0 Å². The van der Waals surface area contributed by atoms with Gasteiger partial charge in [-0.25, -0.2) is 8.78 Å². The van der Waals surface area contributed by atoms with Gasteiger partial charge in [-0.2, -0.15) is 0 Å². The fraction of sp³-hybridized carbons (Fsp3) is 0.579.